The van der Waals surface area contributed by atoms with Crippen molar-refractivity contribution in [1.82, 2.24) is 15.5 Å². The minimum absolute atomic E-state index is 0.421. The first-order chi connectivity index (χ1) is 10.2. The summed E-state index contributed by atoms with van der Waals surface area (Å²) >= 11 is 1.80. The standard InChI is InChI=1S/C16H19N3OS/c1-11(8-14-4-3-7-21-14)17-9-13-10-18-19-16(13)15-6-5-12(2)20-15/h3-7,10-11,17H,8-9H2,1-2H3,(H,18,19). The van der Waals surface area contributed by atoms with Crippen LogP contribution < -0.4 is 5.32 Å². The molecule has 3 aromatic rings. The summed E-state index contributed by atoms with van der Waals surface area (Å²) in [5.41, 5.74) is 2.08. The van der Waals surface area contributed by atoms with E-state index in [-0.39, 0.29) is 0 Å². The Hall–Kier alpha value is -1.85. The molecule has 110 valence electrons. The smallest absolute Gasteiger partial charge is 0.152 e. The van der Waals surface area contributed by atoms with Gasteiger partial charge in [-0.3, -0.25) is 5.10 Å². The lowest BCUT2D eigenvalue weighted by Gasteiger charge is -2.12. The first kappa shape index (κ1) is 14.1. The van der Waals surface area contributed by atoms with E-state index in [1.54, 1.807) is 11.3 Å². The second-order valence-electron chi connectivity index (χ2n) is 5.25. The lowest BCUT2D eigenvalue weighted by Crippen LogP contribution is -2.27. The summed E-state index contributed by atoms with van der Waals surface area (Å²) in [6.07, 6.45) is 2.91. The van der Waals surface area contributed by atoms with Crippen molar-refractivity contribution in [2.75, 3.05) is 0 Å². The zero-order chi connectivity index (χ0) is 14.7. The van der Waals surface area contributed by atoms with Gasteiger partial charge in [0.15, 0.2) is 5.76 Å². The van der Waals surface area contributed by atoms with Gasteiger partial charge >= 0.3 is 0 Å². The van der Waals surface area contributed by atoms with E-state index in [4.69, 9.17) is 4.42 Å². The Balaban J connectivity index is 1.62. The van der Waals surface area contributed by atoms with Crippen LogP contribution in [0, 0.1) is 6.92 Å². The molecule has 0 bridgehead atoms. The number of hydrogen-bond acceptors (Lipinski definition) is 4. The summed E-state index contributed by atoms with van der Waals surface area (Å²) in [6.45, 7) is 4.93. The second-order valence-corrected chi connectivity index (χ2v) is 6.28. The quantitative estimate of drug-likeness (QED) is 0.729. The van der Waals surface area contributed by atoms with Gasteiger partial charge in [0, 0.05) is 23.0 Å². The molecule has 0 aliphatic heterocycles. The molecule has 3 rings (SSSR count). The second kappa shape index (κ2) is 6.28. The highest BCUT2D eigenvalue weighted by molar-refractivity contribution is 7.09. The molecule has 5 heteroatoms. The van der Waals surface area contributed by atoms with Crippen molar-refractivity contribution in [3.63, 3.8) is 0 Å². The van der Waals surface area contributed by atoms with Crippen molar-refractivity contribution in [2.45, 2.75) is 32.9 Å². The fourth-order valence-electron chi connectivity index (χ4n) is 2.31. The number of H-pyrrole nitrogens is 1. The van der Waals surface area contributed by atoms with Crippen LogP contribution in [0.5, 0.6) is 0 Å². The minimum Gasteiger partial charge on any atom is -0.460 e. The van der Waals surface area contributed by atoms with Crippen LogP contribution >= 0.6 is 11.3 Å². The van der Waals surface area contributed by atoms with Crippen LogP contribution in [0.15, 0.2) is 40.3 Å². The zero-order valence-corrected chi connectivity index (χ0v) is 13.0. The molecule has 1 unspecified atom stereocenters. The molecule has 0 fully saturated rings. The molecular formula is C16H19N3OS. The number of aryl methyl sites for hydroxylation is 1. The fourth-order valence-corrected chi connectivity index (χ4v) is 3.15. The molecule has 0 saturated heterocycles. The molecule has 21 heavy (non-hydrogen) atoms. The average Bonchev–Trinajstić information content (AvgIpc) is 3.17. The van der Waals surface area contributed by atoms with Crippen molar-refractivity contribution < 1.29 is 4.42 Å². The van der Waals surface area contributed by atoms with Gasteiger partial charge in [-0.1, -0.05) is 6.07 Å². The van der Waals surface area contributed by atoms with Gasteiger partial charge in [0.2, 0.25) is 0 Å². The third-order valence-corrected chi connectivity index (χ3v) is 4.33. The summed E-state index contributed by atoms with van der Waals surface area (Å²) in [7, 11) is 0. The molecule has 0 amide bonds. The predicted molar refractivity (Wildman–Crippen MR) is 85.4 cm³/mol. The van der Waals surface area contributed by atoms with Gasteiger partial charge < -0.3 is 9.73 Å². The van der Waals surface area contributed by atoms with Crippen molar-refractivity contribution in [2.24, 2.45) is 0 Å². The Morgan fingerprint density at radius 1 is 1.38 bits per heavy atom. The van der Waals surface area contributed by atoms with Gasteiger partial charge in [0.25, 0.3) is 0 Å². The van der Waals surface area contributed by atoms with E-state index in [1.165, 1.54) is 4.88 Å². The third kappa shape index (κ3) is 3.43. The van der Waals surface area contributed by atoms with Crippen LogP contribution in [0.3, 0.4) is 0 Å². The highest BCUT2D eigenvalue weighted by Crippen LogP contribution is 2.23. The Kier molecular flexibility index (Phi) is 4.22. The van der Waals surface area contributed by atoms with Gasteiger partial charge in [-0.05, 0) is 43.8 Å². The maximum atomic E-state index is 5.66. The van der Waals surface area contributed by atoms with E-state index in [0.717, 1.165) is 35.7 Å². The SMILES string of the molecule is Cc1ccc(-c2[nH]ncc2CNC(C)Cc2cccs2)o1. The first-order valence-electron chi connectivity index (χ1n) is 7.07. The van der Waals surface area contributed by atoms with E-state index in [9.17, 15) is 0 Å². The van der Waals surface area contributed by atoms with Crippen molar-refractivity contribution in [1.29, 1.82) is 0 Å². The molecule has 0 aliphatic rings. The topological polar surface area (TPSA) is 53.9 Å². The number of furan rings is 1. The molecular weight excluding hydrogens is 282 g/mol. The normalized spacial score (nSPS) is 12.7. The number of rotatable bonds is 6. The molecule has 1 atom stereocenters. The van der Waals surface area contributed by atoms with Crippen LogP contribution in [-0.4, -0.2) is 16.2 Å². The summed E-state index contributed by atoms with van der Waals surface area (Å²) in [5.74, 6) is 1.75. The molecule has 0 saturated carbocycles. The molecule has 4 nitrogen and oxygen atoms in total. The number of hydrogen-bond donors (Lipinski definition) is 2. The number of nitrogens with zero attached hydrogens (tertiary/aromatic N) is 1. The average molecular weight is 301 g/mol. The van der Waals surface area contributed by atoms with E-state index in [1.807, 2.05) is 25.3 Å². The Morgan fingerprint density at radius 3 is 3.00 bits per heavy atom. The van der Waals surface area contributed by atoms with Crippen LogP contribution in [-0.2, 0) is 13.0 Å². The van der Waals surface area contributed by atoms with E-state index < -0.39 is 0 Å². The lowest BCUT2D eigenvalue weighted by atomic mass is 10.1. The third-order valence-electron chi connectivity index (χ3n) is 3.43. The van der Waals surface area contributed by atoms with Gasteiger partial charge in [-0.2, -0.15) is 5.10 Å². The van der Waals surface area contributed by atoms with Gasteiger partial charge in [-0.25, -0.2) is 0 Å². The predicted octanol–water partition coefficient (Wildman–Crippen LogP) is 3.76. The van der Waals surface area contributed by atoms with E-state index >= 15 is 0 Å². The van der Waals surface area contributed by atoms with Crippen LogP contribution in [0.25, 0.3) is 11.5 Å². The van der Waals surface area contributed by atoms with Gasteiger partial charge in [-0.15, -0.1) is 11.3 Å². The van der Waals surface area contributed by atoms with Crippen LogP contribution in [0.4, 0.5) is 0 Å². The zero-order valence-electron chi connectivity index (χ0n) is 12.2. The maximum Gasteiger partial charge on any atom is 0.152 e. The molecule has 2 N–H and O–H groups in total. The van der Waals surface area contributed by atoms with E-state index in [2.05, 4.69) is 40.0 Å². The molecule has 0 aliphatic carbocycles. The van der Waals surface area contributed by atoms with Crippen molar-refractivity contribution in [3.8, 4) is 11.5 Å². The number of nitrogens with one attached hydrogen (secondary N) is 2. The highest BCUT2D eigenvalue weighted by atomic mass is 32.1. The molecule has 0 radical (unpaired) electrons. The number of thiophene rings is 1. The van der Waals surface area contributed by atoms with E-state index in [0.29, 0.717) is 6.04 Å². The fraction of sp³-hybridized carbons (Fsp3) is 0.312. The van der Waals surface area contributed by atoms with Crippen molar-refractivity contribution >= 4 is 11.3 Å². The monoisotopic (exact) mass is 301 g/mol. The van der Waals surface area contributed by atoms with Gasteiger partial charge in [0.05, 0.1) is 6.20 Å². The molecule has 3 aromatic heterocycles. The van der Waals surface area contributed by atoms with Crippen LogP contribution in [0.2, 0.25) is 0 Å². The van der Waals surface area contributed by atoms with Gasteiger partial charge in [0.1, 0.15) is 11.5 Å². The Bertz CT molecular complexity index is 684. The summed E-state index contributed by atoms with van der Waals surface area (Å²) in [4.78, 5) is 1.41. The molecule has 0 spiro atoms. The van der Waals surface area contributed by atoms with Crippen LogP contribution in [0.1, 0.15) is 23.1 Å². The largest absolute Gasteiger partial charge is 0.460 e. The summed E-state index contributed by atoms with van der Waals surface area (Å²) in [5, 5.41) is 12.8. The number of aromatic amines is 1. The first-order valence-corrected chi connectivity index (χ1v) is 7.95. The summed E-state index contributed by atoms with van der Waals surface area (Å²) < 4.78 is 5.66. The maximum absolute atomic E-state index is 5.66. The Labute approximate surface area is 128 Å². The summed E-state index contributed by atoms with van der Waals surface area (Å²) in [6, 6.07) is 8.64. The Morgan fingerprint density at radius 2 is 2.29 bits per heavy atom. The number of aromatic nitrogens is 2. The lowest BCUT2D eigenvalue weighted by molar-refractivity contribution is 0.537. The minimum atomic E-state index is 0.421. The molecule has 0 aromatic carbocycles. The molecule has 3 heterocycles. The van der Waals surface area contributed by atoms with Crippen molar-refractivity contribution in [3.05, 3.63) is 52.0 Å². The highest BCUT2D eigenvalue weighted by Gasteiger charge is 2.12.